The standard InChI is InChI=1S/C12H10N2O3/c15-11(16)6-9-7-13-12(14-8-9)17-10-4-2-1-3-5-10/h1-5,7-8H,6H2,(H,15,16). The Morgan fingerprint density at radius 3 is 2.41 bits per heavy atom. The number of aliphatic carboxylic acids is 1. The Kier molecular flexibility index (Phi) is 3.30. The SMILES string of the molecule is O=C(O)Cc1cnc(Oc2ccccc2)nc1. The van der Waals surface area contributed by atoms with Crippen LogP contribution in [-0.4, -0.2) is 21.0 Å². The number of carboxylic acid groups (broad SMARTS) is 1. The summed E-state index contributed by atoms with van der Waals surface area (Å²) < 4.78 is 5.37. The number of carbonyl (C=O) groups is 1. The predicted octanol–water partition coefficient (Wildman–Crippen LogP) is 1.90. The highest BCUT2D eigenvalue weighted by Crippen LogP contribution is 2.16. The molecular weight excluding hydrogens is 220 g/mol. The van der Waals surface area contributed by atoms with Crippen LogP contribution in [0, 0.1) is 0 Å². The van der Waals surface area contributed by atoms with Gasteiger partial charge < -0.3 is 9.84 Å². The van der Waals surface area contributed by atoms with Crippen molar-refractivity contribution in [2.24, 2.45) is 0 Å². The van der Waals surface area contributed by atoms with Gasteiger partial charge >= 0.3 is 12.0 Å². The summed E-state index contributed by atoms with van der Waals surface area (Å²) in [6, 6.07) is 9.33. The van der Waals surface area contributed by atoms with Gasteiger partial charge in [-0.05, 0) is 12.1 Å². The molecule has 0 saturated carbocycles. The molecule has 0 unspecified atom stereocenters. The highest BCUT2D eigenvalue weighted by Gasteiger charge is 2.03. The van der Waals surface area contributed by atoms with Crippen molar-refractivity contribution in [2.75, 3.05) is 0 Å². The molecule has 0 spiro atoms. The molecule has 1 aromatic carbocycles. The zero-order valence-corrected chi connectivity index (χ0v) is 8.91. The van der Waals surface area contributed by atoms with Gasteiger partial charge in [-0.15, -0.1) is 0 Å². The first kappa shape index (κ1) is 11.1. The number of para-hydroxylation sites is 1. The Balaban J connectivity index is 2.06. The summed E-state index contributed by atoms with van der Waals surface area (Å²) in [5, 5.41) is 8.58. The van der Waals surface area contributed by atoms with Gasteiger partial charge in [0.15, 0.2) is 0 Å². The average molecular weight is 230 g/mol. The van der Waals surface area contributed by atoms with E-state index in [9.17, 15) is 4.79 Å². The van der Waals surface area contributed by atoms with Crippen LogP contribution in [0.25, 0.3) is 0 Å². The number of carboxylic acids is 1. The van der Waals surface area contributed by atoms with E-state index in [2.05, 4.69) is 9.97 Å². The summed E-state index contributed by atoms with van der Waals surface area (Å²) in [6.07, 6.45) is 2.80. The van der Waals surface area contributed by atoms with Crippen molar-refractivity contribution in [3.05, 3.63) is 48.3 Å². The molecule has 2 rings (SSSR count). The van der Waals surface area contributed by atoms with Crippen LogP contribution in [0.3, 0.4) is 0 Å². The molecular formula is C12H10N2O3. The van der Waals surface area contributed by atoms with Crippen molar-refractivity contribution in [1.29, 1.82) is 0 Å². The maximum Gasteiger partial charge on any atom is 0.321 e. The number of hydrogen-bond acceptors (Lipinski definition) is 4. The first-order chi connectivity index (χ1) is 8.24. The number of aromatic nitrogens is 2. The first-order valence-corrected chi connectivity index (χ1v) is 4.99. The van der Waals surface area contributed by atoms with Crippen LogP contribution in [-0.2, 0) is 11.2 Å². The van der Waals surface area contributed by atoms with Crippen molar-refractivity contribution in [3.63, 3.8) is 0 Å². The lowest BCUT2D eigenvalue weighted by molar-refractivity contribution is -0.136. The second-order valence-electron chi connectivity index (χ2n) is 3.36. The fourth-order valence-corrected chi connectivity index (χ4v) is 1.26. The summed E-state index contributed by atoms with van der Waals surface area (Å²) in [6.45, 7) is 0. The van der Waals surface area contributed by atoms with E-state index < -0.39 is 5.97 Å². The van der Waals surface area contributed by atoms with Gasteiger partial charge in [0.25, 0.3) is 0 Å². The molecule has 0 fully saturated rings. The molecule has 86 valence electrons. The van der Waals surface area contributed by atoms with Crippen LogP contribution < -0.4 is 4.74 Å². The number of ether oxygens (including phenoxy) is 1. The Morgan fingerprint density at radius 2 is 1.82 bits per heavy atom. The molecule has 1 heterocycles. The van der Waals surface area contributed by atoms with Crippen molar-refractivity contribution in [2.45, 2.75) is 6.42 Å². The van der Waals surface area contributed by atoms with Crippen molar-refractivity contribution < 1.29 is 14.6 Å². The molecule has 5 nitrogen and oxygen atoms in total. The number of benzene rings is 1. The summed E-state index contributed by atoms with van der Waals surface area (Å²) in [4.78, 5) is 18.3. The van der Waals surface area contributed by atoms with Crippen LogP contribution in [0.4, 0.5) is 0 Å². The molecule has 0 bridgehead atoms. The number of nitrogens with zero attached hydrogens (tertiary/aromatic N) is 2. The van der Waals surface area contributed by atoms with Crippen molar-refractivity contribution >= 4 is 5.97 Å². The molecule has 0 aliphatic heterocycles. The van der Waals surface area contributed by atoms with Crippen molar-refractivity contribution in [3.8, 4) is 11.8 Å². The minimum absolute atomic E-state index is 0.0916. The predicted molar refractivity (Wildman–Crippen MR) is 59.9 cm³/mol. The molecule has 17 heavy (non-hydrogen) atoms. The molecule has 1 aromatic heterocycles. The Hall–Kier alpha value is -2.43. The summed E-state index contributed by atoms with van der Waals surface area (Å²) >= 11 is 0. The lowest BCUT2D eigenvalue weighted by atomic mass is 10.2. The Labute approximate surface area is 97.7 Å². The van der Waals surface area contributed by atoms with E-state index in [-0.39, 0.29) is 12.4 Å². The maximum atomic E-state index is 10.5. The second-order valence-corrected chi connectivity index (χ2v) is 3.36. The van der Waals surface area contributed by atoms with Gasteiger partial charge in [0.2, 0.25) is 0 Å². The fraction of sp³-hybridized carbons (Fsp3) is 0.0833. The summed E-state index contributed by atoms with van der Waals surface area (Å²) in [7, 11) is 0. The van der Waals surface area contributed by atoms with Gasteiger partial charge in [0.05, 0.1) is 6.42 Å². The minimum atomic E-state index is -0.912. The molecule has 0 aliphatic rings. The zero-order chi connectivity index (χ0) is 12.1. The fourth-order valence-electron chi connectivity index (χ4n) is 1.26. The highest BCUT2D eigenvalue weighted by atomic mass is 16.5. The van der Waals surface area contributed by atoms with Gasteiger partial charge in [0.1, 0.15) is 5.75 Å². The average Bonchev–Trinajstić information content (AvgIpc) is 2.32. The zero-order valence-electron chi connectivity index (χ0n) is 8.91. The summed E-state index contributed by atoms with van der Waals surface area (Å²) in [5.41, 5.74) is 0.540. The number of rotatable bonds is 4. The van der Waals surface area contributed by atoms with E-state index in [1.807, 2.05) is 18.2 Å². The van der Waals surface area contributed by atoms with Gasteiger partial charge in [-0.1, -0.05) is 18.2 Å². The van der Waals surface area contributed by atoms with Gasteiger partial charge in [0, 0.05) is 18.0 Å². The third-order valence-corrected chi connectivity index (χ3v) is 1.99. The minimum Gasteiger partial charge on any atom is -0.481 e. The van der Waals surface area contributed by atoms with E-state index in [1.165, 1.54) is 12.4 Å². The molecule has 5 heteroatoms. The molecule has 0 saturated heterocycles. The van der Waals surface area contributed by atoms with Gasteiger partial charge in [-0.2, -0.15) is 0 Å². The van der Waals surface area contributed by atoms with E-state index >= 15 is 0 Å². The lowest BCUT2D eigenvalue weighted by Gasteiger charge is -2.03. The third-order valence-electron chi connectivity index (χ3n) is 1.99. The maximum absolute atomic E-state index is 10.5. The van der Waals surface area contributed by atoms with E-state index in [0.29, 0.717) is 11.3 Å². The van der Waals surface area contributed by atoms with Gasteiger partial charge in [-0.25, -0.2) is 9.97 Å². The third kappa shape index (κ3) is 3.27. The second kappa shape index (κ2) is 5.07. The van der Waals surface area contributed by atoms with Crippen LogP contribution in [0.1, 0.15) is 5.56 Å². The van der Waals surface area contributed by atoms with Crippen LogP contribution >= 0.6 is 0 Å². The van der Waals surface area contributed by atoms with Gasteiger partial charge in [-0.3, -0.25) is 4.79 Å². The first-order valence-electron chi connectivity index (χ1n) is 4.99. The highest BCUT2D eigenvalue weighted by molar-refractivity contribution is 5.69. The molecule has 0 atom stereocenters. The monoisotopic (exact) mass is 230 g/mol. The van der Waals surface area contributed by atoms with Crippen LogP contribution in [0.2, 0.25) is 0 Å². The normalized spacial score (nSPS) is 9.88. The quantitative estimate of drug-likeness (QED) is 0.868. The van der Waals surface area contributed by atoms with E-state index in [0.717, 1.165) is 0 Å². The van der Waals surface area contributed by atoms with E-state index in [1.54, 1.807) is 12.1 Å². The molecule has 1 N–H and O–H groups in total. The van der Waals surface area contributed by atoms with E-state index in [4.69, 9.17) is 9.84 Å². The molecule has 0 radical (unpaired) electrons. The van der Waals surface area contributed by atoms with Crippen molar-refractivity contribution in [1.82, 2.24) is 9.97 Å². The summed E-state index contributed by atoms with van der Waals surface area (Å²) in [5.74, 6) is -0.274. The van der Waals surface area contributed by atoms with Crippen LogP contribution in [0.5, 0.6) is 11.8 Å². The molecule has 0 aliphatic carbocycles. The largest absolute Gasteiger partial charge is 0.481 e. The Bertz CT molecular complexity index is 497. The molecule has 2 aromatic rings. The number of hydrogen-bond donors (Lipinski definition) is 1. The lowest BCUT2D eigenvalue weighted by Crippen LogP contribution is -2.01. The smallest absolute Gasteiger partial charge is 0.321 e. The Morgan fingerprint density at radius 1 is 1.18 bits per heavy atom. The van der Waals surface area contributed by atoms with Crippen LogP contribution in [0.15, 0.2) is 42.7 Å². The topological polar surface area (TPSA) is 72.3 Å². The molecule has 0 amide bonds.